The third-order valence-corrected chi connectivity index (χ3v) is 7.44. The van der Waals surface area contributed by atoms with Crippen LogP contribution in [0.5, 0.6) is 5.75 Å². The summed E-state index contributed by atoms with van der Waals surface area (Å²) in [5.41, 5.74) is 4.04. The number of amides is 1. The summed E-state index contributed by atoms with van der Waals surface area (Å²) < 4.78 is 5.37. The maximum Gasteiger partial charge on any atom is 0.225 e. The van der Waals surface area contributed by atoms with E-state index in [0.29, 0.717) is 30.9 Å². The molecule has 0 spiro atoms. The summed E-state index contributed by atoms with van der Waals surface area (Å²) in [6.07, 6.45) is 4.57. The van der Waals surface area contributed by atoms with E-state index in [1.807, 2.05) is 62.3 Å². The van der Waals surface area contributed by atoms with E-state index >= 15 is 0 Å². The third kappa shape index (κ3) is 5.48. The number of hydrogen-bond donors (Lipinski definition) is 3. The van der Waals surface area contributed by atoms with Crippen LogP contribution in [0, 0.1) is 12.8 Å². The van der Waals surface area contributed by atoms with Gasteiger partial charge in [0.05, 0.1) is 19.0 Å². The van der Waals surface area contributed by atoms with Crippen LogP contribution in [0.4, 0.5) is 11.8 Å². The topological polar surface area (TPSA) is 95.2 Å². The SMILES string of the molecule is COc1ccc2[nH]c(C)c(CC(=O)NCC3CCC(Nc4nc(N(C)C)c5ccccc5n4)CC3)c2c1. The molecular weight excluding hydrogens is 464 g/mol. The van der Waals surface area contributed by atoms with Crippen molar-refractivity contribution in [3.05, 3.63) is 53.7 Å². The highest BCUT2D eigenvalue weighted by atomic mass is 16.5. The van der Waals surface area contributed by atoms with E-state index in [9.17, 15) is 4.79 Å². The molecule has 4 aromatic rings. The van der Waals surface area contributed by atoms with Crippen molar-refractivity contribution in [1.29, 1.82) is 0 Å². The summed E-state index contributed by atoms with van der Waals surface area (Å²) in [5, 5.41) is 8.85. The summed E-state index contributed by atoms with van der Waals surface area (Å²) >= 11 is 0. The van der Waals surface area contributed by atoms with Crippen LogP contribution in [0.3, 0.4) is 0 Å². The Bertz CT molecular complexity index is 1400. The van der Waals surface area contributed by atoms with E-state index in [1.165, 1.54) is 0 Å². The summed E-state index contributed by atoms with van der Waals surface area (Å²) in [6.45, 7) is 2.73. The Kier molecular flexibility index (Phi) is 7.17. The predicted molar refractivity (Wildman–Crippen MR) is 150 cm³/mol. The van der Waals surface area contributed by atoms with Crippen LogP contribution < -0.4 is 20.3 Å². The molecule has 1 amide bonds. The Labute approximate surface area is 217 Å². The number of aromatic amines is 1. The van der Waals surface area contributed by atoms with Crippen molar-refractivity contribution in [2.45, 2.75) is 45.1 Å². The van der Waals surface area contributed by atoms with Crippen molar-refractivity contribution in [2.75, 3.05) is 38.0 Å². The highest BCUT2D eigenvalue weighted by Crippen LogP contribution is 2.29. The molecule has 0 atom stereocenters. The second-order valence-corrected chi connectivity index (χ2v) is 10.3. The number of carbonyl (C=O) groups excluding carboxylic acids is 1. The van der Waals surface area contributed by atoms with Crippen molar-refractivity contribution in [2.24, 2.45) is 5.92 Å². The first-order valence-corrected chi connectivity index (χ1v) is 13.0. The fraction of sp³-hybridized carbons (Fsp3) is 0.414. The highest BCUT2D eigenvalue weighted by molar-refractivity contribution is 5.91. The number of fused-ring (bicyclic) bond motifs is 2. The minimum absolute atomic E-state index is 0.0628. The van der Waals surface area contributed by atoms with Crippen LogP contribution >= 0.6 is 0 Å². The molecule has 1 saturated carbocycles. The quantitative estimate of drug-likeness (QED) is 0.321. The third-order valence-electron chi connectivity index (χ3n) is 7.44. The standard InChI is InChI=1S/C29H36N6O2/c1-18-23(24-15-21(37-4)13-14-26(24)31-18)16-27(36)30-17-19-9-11-20(12-10-19)32-29-33-25-8-6-5-7-22(25)28(34-29)35(2)3/h5-8,13-15,19-20,31H,9-12,16-17H2,1-4H3,(H,30,36)(H,32,33,34). The normalized spacial score (nSPS) is 17.6. The van der Waals surface area contributed by atoms with E-state index in [-0.39, 0.29) is 5.91 Å². The number of carbonyl (C=O) groups is 1. The lowest BCUT2D eigenvalue weighted by molar-refractivity contribution is -0.120. The number of aryl methyl sites for hydroxylation is 1. The van der Waals surface area contributed by atoms with Crippen LogP contribution in [0.2, 0.25) is 0 Å². The number of anilines is 2. The van der Waals surface area contributed by atoms with Crippen LogP contribution in [-0.2, 0) is 11.2 Å². The van der Waals surface area contributed by atoms with E-state index in [0.717, 1.165) is 70.3 Å². The molecule has 1 aliphatic carbocycles. The number of methoxy groups -OCH3 is 1. The number of nitrogens with zero attached hydrogens (tertiary/aromatic N) is 3. The number of nitrogens with one attached hydrogen (secondary N) is 3. The van der Waals surface area contributed by atoms with Crippen LogP contribution in [-0.4, -0.2) is 54.7 Å². The second-order valence-electron chi connectivity index (χ2n) is 10.3. The van der Waals surface area contributed by atoms with Crippen molar-refractivity contribution in [3.63, 3.8) is 0 Å². The molecule has 0 unspecified atom stereocenters. The molecule has 37 heavy (non-hydrogen) atoms. The van der Waals surface area contributed by atoms with Crippen LogP contribution in [0.25, 0.3) is 21.8 Å². The molecule has 194 valence electrons. The first-order valence-electron chi connectivity index (χ1n) is 13.0. The van der Waals surface area contributed by atoms with E-state index in [2.05, 4.69) is 21.7 Å². The molecule has 1 aliphatic rings. The lowest BCUT2D eigenvalue weighted by Gasteiger charge is -2.29. The van der Waals surface area contributed by atoms with Gasteiger partial charge in [-0.05, 0) is 74.4 Å². The maximum absolute atomic E-state index is 12.8. The summed E-state index contributed by atoms with van der Waals surface area (Å²) in [4.78, 5) is 27.8. The van der Waals surface area contributed by atoms with Crippen molar-refractivity contribution in [1.82, 2.24) is 20.3 Å². The largest absolute Gasteiger partial charge is 0.497 e. The Hall–Kier alpha value is -3.81. The molecule has 0 bridgehead atoms. The van der Waals surface area contributed by atoms with Gasteiger partial charge in [0.25, 0.3) is 0 Å². The molecule has 0 saturated heterocycles. The Morgan fingerprint density at radius 1 is 1.08 bits per heavy atom. The lowest BCUT2D eigenvalue weighted by Crippen LogP contribution is -2.35. The van der Waals surface area contributed by atoms with Gasteiger partial charge in [0.1, 0.15) is 11.6 Å². The number of ether oxygens (including phenoxy) is 1. The van der Waals surface area contributed by atoms with Gasteiger partial charge in [-0.1, -0.05) is 12.1 Å². The zero-order valence-electron chi connectivity index (χ0n) is 22.1. The molecule has 1 fully saturated rings. The average molecular weight is 501 g/mol. The average Bonchev–Trinajstić information content (AvgIpc) is 3.21. The molecule has 0 aliphatic heterocycles. The Morgan fingerprint density at radius 2 is 1.86 bits per heavy atom. The molecule has 0 radical (unpaired) electrons. The molecule has 5 rings (SSSR count). The predicted octanol–water partition coefficient (Wildman–Crippen LogP) is 4.82. The zero-order valence-corrected chi connectivity index (χ0v) is 22.1. The van der Waals surface area contributed by atoms with E-state index in [1.54, 1.807) is 7.11 Å². The lowest BCUT2D eigenvalue weighted by atomic mass is 9.86. The molecule has 8 heteroatoms. The van der Waals surface area contributed by atoms with Crippen LogP contribution in [0.1, 0.15) is 36.9 Å². The van der Waals surface area contributed by atoms with Gasteiger partial charge in [0.2, 0.25) is 11.9 Å². The number of rotatable bonds is 8. The summed E-state index contributed by atoms with van der Waals surface area (Å²) in [7, 11) is 5.68. The highest BCUT2D eigenvalue weighted by Gasteiger charge is 2.23. The number of hydrogen-bond acceptors (Lipinski definition) is 6. The van der Waals surface area contributed by atoms with E-state index in [4.69, 9.17) is 14.7 Å². The van der Waals surface area contributed by atoms with Gasteiger partial charge in [-0.3, -0.25) is 4.79 Å². The second kappa shape index (κ2) is 10.7. The van der Waals surface area contributed by atoms with Gasteiger partial charge in [-0.25, -0.2) is 4.98 Å². The summed E-state index contributed by atoms with van der Waals surface area (Å²) in [6, 6.07) is 14.4. The monoisotopic (exact) mass is 500 g/mol. The van der Waals surface area contributed by atoms with Gasteiger partial charge in [0.15, 0.2) is 0 Å². The first-order chi connectivity index (χ1) is 17.9. The molecule has 2 aromatic carbocycles. The first kappa shape index (κ1) is 24.9. The molecule has 8 nitrogen and oxygen atoms in total. The molecular formula is C29H36N6O2. The number of aromatic nitrogens is 3. The van der Waals surface area contributed by atoms with Crippen molar-refractivity contribution < 1.29 is 9.53 Å². The fourth-order valence-corrected chi connectivity index (χ4v) is 5.36. The fourth-order valence-electron chi connectivity index (χ4n) is 5.36. The Balaban J connectivity index is 1.14. The van der Waals surface area contributed by atoms with Gasteiger partial charge in [-0.15, -0.1) is 0 Å². The molecule has 2 aromatic heterocycles. The van der Waals surface area contributed by atoms with Gasteiger partial charge >= 0.3 is 0 Å². The molecule has 2 heterocycles. The van der Waals surface area contributed by atoms with Gasteiger partial charge in [0, 0.05) is 48.7 Å². The smallest absolute Gasteiger partial charge is 0.225 e. The number of H-pyrrole nitrogens is 1. The number of para-hydroxylation sites is 1. The van der Waals surface area contributed by atoms with Crippen molar-refractivity contribution in [3.8, 4) is 5.75 Å². The minimum atomic E-state index is 0.0628. The molecule has 3 N–H and O–H groups in total. The van der Waals surface area contributed by atoms with Gasteiger partial charge < -0.3 is 25.3 Å². The van der Waals surface area contributed by atoms with Crippen molar-refractivity contribution >= 4 is 39.5 Å². The maximum atomic E-state index is 12.8. The minimum Gasteiger partial charge on any atom is -0.497 e. The Morgan fingerprint density at radius 3 is 2.62 bits per heavy atom. The van der Waals surface area contributed by atoms with Crippen LogP contribution in [0.15, 0.2) is 42.5 Å². The summed E-state index contributed by atoms with van der Waals surface area (Å²) in [5.74, 6) is 2.96. The van der Waals surface area contributed by atoms with Gasteiger partial charge in [-0.2, -0.15) is 4.98 Å². The zero-order chi connectivity index (χ0) is 25.9. The van der Waals surface area contributed by atoms with E-state index < -0.39 is 0 Å². The number of benzene rings is 2.